The number of halogens is 1. The fourth-order valence-corrected chi connectivity index (χ4v) is 3.34. The number of aromatic nitrogens is 2. The summed E-state index contributed by atoms with van der Waals surface area (Å²) in [5.74, 6) is 5.79. The van der Waals surface area contributed by atoms with Crippen molar-refractivity contribution in [2.45, 2.75) is 72.1 Å². The van der Waals surface area contributed by atoms with Crippen molar-refractivity contribution in [1.82, 2.24) is 15.2 Å². The summed E-state index contributed by atoms with van der Waals surface area (Å²) in [6, 6.07) is 0.0907. The van der Waals surface area contributed by atoms with Gasteiger partial charge in [-0.25, -0.2) is 0 Å². The van der Waals surface area contributed by atoms with Gasteiger partial charge in [0.2, 0.25) is 0 Å². The molecule has 2 unspecified atom stereocenters. The first-order valence-corrected chi connectivity index (χ1v) is 8.73. The third-order valence-electron chi connectivity index (χ3n) is 3.72. The Kier molecular flexibility index (Phi) is 8.48. The fourth-order valence-electron chi connectivity index (χ4n) is 2.62. The number of nitrogens with one attached hydrogen (secondary N) is 1. The van der Waals surface area contributed by atoms with E-state index in [4.69, 9.17) is 10.6 Å². The number of hydrazine groups is 1. The number of nitrogens with zero attached hydrogens (tertiary/aromatic N) is 2. The van der Waals surface area contributed by atoms with Crippen LogP contribution in [0, 0.1) is 0 Å². The summed E-state index contributed by atoms with van der Waals surface area (Å²) in [7, 11) is 0. The van der Waals surface area contributed by atoms with Crippen LogP contribution in [0.25, 0.3) is 0 Å². The van der Waals surface area contributed by atoms with Crippen LogP contribution in [-0.2, 0) is 24.1 Å². The second kappa shape index (κ2) is 9.56. The lowest BCUT2D eigenvalue weighted by atomic mass is 10.0. The highest BCUT2D eigenvalue weighted by Gasteiger charge is 2.24. The van der Waals surface area contributed by atoms with Crippen LogP contribution < -0.4 is 11.3 Å². The van der Waals surface area contributed by atoms with Gasteiger partial charge < -0.3 is 4.74 Å². The maximum atomic E-state index is 5.87. The van der Waals surface area contributed by atoms with Crippen LogP contribution in [0.1, 0.15) is 51.9 Å². The van der Waals surface area contributed by atoms with Gasteiger partial charge in [0.15, 0.2) is 0 Å². The van der Waals surface area contributed by atoms with Crippen LogP contribution in [-0.4, -0.2) is 28.5 Å². The number of ether oxygens (including phenoxy) is 1. The smallest absolute Gasteiger partial charge is 0.0766 e. The molecule has 0 fully saturated rings. The van der Waals surface area contributed by atoms with Crippen LogP contribution in [0.3, 0.4) is 0 Å². The third kappa shape index (κ3) is 4.77. The van der Waals surface area contributed by atoms with Gasteiger partial charge in [0.25, 0.3) is 0 Å². The molecule has 0 aliphatic rings. The Morgan fingerprint density at radius 2 is 2.05 bits per heavy atom. The predicted octanol–water partition coefficient (Wildman–Crippen LogP) is 2.81. The number of aryl methyl sites for hydroxylation is 2. The average molecular weight is 361 g/mol. The molecule has 5 nitrogen and oxygen atoms in total. The Bertz CT molecular complexity index is 416. The quantitative estimate of drug-likeness (QED) is 0.497. The van der Waals surface area contributed by atoms with Crippen molar-refractivity contribution in [3.63, 3.8) is 0 Å². The number of hydrogen-bond acceptors (Lipinski definition) is 4. The molecule has 21 heavy (non-hydrogen) atoms. The molecule has 0 bridgehead atoms. The molecule has 6 heteroatoms. The van der Waals surface area contributed by atoms with E-state index in [9.17, 15) is 0 Å². The fraction of sp³-hybridized carbons (Fsp3) is 0.800. The zero-order valence-electron chi connectivity index (χ0n) is 13.7. The van der Waals surface area contributed by atoms with Crippen molar-refractivity contribution >= 4 is 15.9 Å². The summed E-state index contributed by atoms with van der Waals surface area (Å²) in [5, 5.41) is 4.65. The lowest BCUT2D eigenvalue weighted by molar-refractivity contribution is 0.0276. The Labute approximate surface area is 136 Å². The van der Waals surface area contributed by atoms with Gasteiger partial charge in [-0.2, -0.15) is 5.10 Å². The van der Waals surface area contributed by atoms with E-state index in [1.54, 1.807) is 0 Å². The Balaban J connectivity index is 2.96. The predicted molar refractivity (Wildman–Crippen MR) is 90.1 cm³/mol. The SMILES string of the molecule is CCCC(OCC)C(Cc1c(Br)c(CC)nn1CC)NN. The minimum Gasteiger partial charge on any atom is -0.377 e. The summed E-state index contributed by atoms with van der Waals surface area (Å²) in [6.07, 6.45) is 3.94. The molecule has 1 aromatic rings. The maximum Gasteiger partial charge on any atom is 0.0766 e. The van der Waals surface area contributed by atoms with Gasteiger partial charge >= 0.3 is 0 Å². The second-order valence-corrected chi connectivity index (χ2v) is 5.93. The molecule has 0 amide bonds. The van der Waals surface area contributed by atoms with Crippen molar-refractivity contribution in [3.05, 3.63) is 15.9 Å². The van der Waals surface area contributed by atoms with Gasteiger partial charge in [0.05, 0.1) is 28.0 Å². The first-order valence-electron chi connectivity index (χ1n) is 7.94. The Morgan fingerprint density at radius 1 is 1.33 bits per heavy atom. The largest absolute Gasteiger partial charge is 0.377 e. The highest BCUT2D eigenvalue weighted by Crippen LogP contribution is 2.25. The first-order chi connectivity index (χ1) is 10.1. The molecule has 0 saturated carbocycles. The number of nitrogens with two attached hydrogens (primary N) is 1. The van der Waals surface area contributed by atoms with E-state index in [1.807, 2.05) is 6.92 Å². The highest BCUT2D eigenvalue weighted by molar-refractivity contribution is 9.10. The zero-order valence-corrected chi connectivity index (χ0v) is 15.2. The summed E-state index contributed by atoms with van der Waals surface area (Å²) in [4.78, 5) is 0. The molecule has 0 aliphatic heterocycles. The number of hydrogen-bond donors (Lipinski definition) is 2. The van der Waals surface area contributed by atoms with E-state index in [0.717, 1.165) is 42.4 Å². The van der Waals surface area contributed by atoms with E-state index in [1.165, 1.54) is 5.69 Å². The minimum absolute atomic E-state index is 0.0907. The van der Waals surface area contributed by atoms with E-state index < -0.39 is 0 Å². The van der Waals surface area contributed by atoms with Gasteiger partial charge in [-0.15, -0.1) is 0 Å². The van der Waals surface area contributed by atoms with Gasteiger partial charge in [-0.3, -0.25) is 16.0 Å². The monoisotopic (exact) mass is 360 g/mol. The van der Waals surface area contributed by atoms with Crippen LogP contribution in [0.15, 0.2) is 4.47 Å². The van der Waals surface area contributed by atoms with Crippen molar-refractivity contribution in [2.75, 3.05) is 6.61 Å². The molecule has 0 aliphatic carbocycles. The highest BCUT2D eigenvalue weighted by atomic mass is 79.9. The molecule has 0 spiro atoms. The maximum absolute atomic E-state index is 5.87. The van der Waals surface area contributed by atoms with Gasteiger partial charge in [-0.05, 0) is 42.6 Å². The van der Waals surface area contributed by atoms with Crippen LogP contribution in [0.5, 0.6) is 0 Å². The van der Waals surface area contributed by atoms with Gasteiger partial charge in [0.1, 0.15) is 0 Å². The van der Waals surface area contributed by atoms with Crippen LogP contribution >= 0.6 is 15.9 Å². The van der Waals surface area contributed by atoms with Gasteiger partial charge in [-0.1, -0.05) is 20.3 Å². The third-order valence-corrected chi connectivity index (χ3v) is 4.64. The molecule has 0 saturated heterocycles. The summed E-state index contributed by atoms with van der Waals surface area (Å²) in [5.41, 5.74) is 5.23. The molecule has 1 rings (SSSR count). The standard InChI is InChI=1S/C15H29BrN4O/c1-5-9-14(21-8-4)12(18-17)10-13-15(16)11(6-2)19-20(13)7-3/h12,14,18H,5-10,17H2,1-4H3. The minimum atomic E-state index is 0.0907. The molecular formula is C15H29BrN4O. The van der Waals surface area contributed by atoms with E-state index in [0.29, 0.717) is 6.61 Å². The topological polar surface area (TPSA) is 65.1 Å². The molecule has 0 radical (unpaired) electrons. The second-order valence-electron chi connectivity index (χ2n) is 5.14. The molecular weight excluding hydrogens is 332 g/mol. The van der Waals surface area contributed by atoms with Crippen LogP contribution in [0.4, 0.5) is 0 Å². The Morgan fingerprint density at radius 3 is 2.52 bits per heavy atom. The molecule has 1 heterocycles. The zero-order chi connectivity index (χ0) is 15.8. The summed E-state index contributed by atoms with van der Waals surface area (Å²) >= 11 is 3.70. The molecule has 2 atom stereocenters. The van der Waals surface area contributed by atoms with Crippen molar-refractivity contribution in [2.24, 2.45) is 5.84 Å². The van der Waals surface area contributed by atoms with E-state index in [-0.39, 0.29) is 12.1 Å². The molecule has 3 N–H and O–H groups in total. The van der Waals surface area contributed by atoms with Gasteiger partial charge in [0, 0.05) is 19.6 Å². The summed E-state index contributed by atoms with van der Waals surface area (Å²) in [6.45, 7) is 9.99. The molecule has 0 aromatic carbocycles. The van der Waals surface area contributed by atoms with Crippen LogP contribution in [0.2, 0.25) is 0 Å². The normalized spacial score (nSPS) is 14.4. The first kappa shape index (κ1) is 18.6. The summed E-state index contributed by atoms with van der Waals surface area (Å²) < 4.78 is 9.03. The number of rotatable bonds is 10. The molecule has 122 valence electrons. The lowest BCUT2D eigenvalue weighted by Gasteiger charge is -2.26. The van der Waals surface area contributed by atoms with Crippen molar-refractivity contribution < 1.29 is 4.74 Å². The van der Waals surface area contributed by atoms with E-state index >= 15 is 0 Å². The van der Waals surface area contributed by atoms with Crippen molar-refractivity contribution in [3.8, 4) is 0 Å². The molecule has 1 aromatic heterocycles. The lowest BCUT2D eigenvalue weighted by Crippen LogP contribution is -2.47. The van der Waals surface area contributed by atoms with Crippen molar-refractivity contribution in [1.29, 1.82) is 0 Å². The Hall–Kier alpha value is -0.430. The average Bonchev–Trinajstić information content (AvgIpc) is 2.80. The van der Waals surface area contributed by atoms with E-state index in [2.05, 4.69) is 51.9 Å².